The summed E-state index contributed by atoms with van der Waals surface area (Å²) in [5.41, 5.74) is 0.989. The van der Waals surface area contributed by atoms with Crippen molar-refractivity contribution in [2.45, 2.75) is 13.5 Å². The minimum atomic E-state index is -1.12. The van der Waals surface area contributed by atoms with Crippen molar-refractivity contribution >= 4 is 27.8 Å². The van der Waals surface area contributed by atoms with E-state index >= 15 is 0 Å². The van der Waals surface area contributed by atoms with Gasteiger partial charge in [0.2, 0.25) is 5.91 Å². The van der Waals surface area contributed by atoms with Gasteiger partial charge in [0.15, 0.2) is 0 Å². The van der Waals surface area contributed by atoms with Crippen LogP contribution in [0.2, 0.25) is 0 Å². The van der Waals surface area contributed by atoms with Gasteiger partial charge in [0, 0.05) is 29.7 Å². The Morgan fingerprint density at radius 1 is 1.39 bits per heavy atom. The molecule has 0 spiro atoms. The van der Waals surface area contributed by atoms with Gasteiger partial charge in [-0.3, -0.25) is 4.79 Å². The van der Waals surface area contributed by atoms with Crippen LogP contribution in [0.15, 0.2) is 40.9 Å². The van der Waals surface area contributed by atoms with Crippen molar-refractivity contribution in [2.75, 3.05) is 6.54 Å². The largest absolute Gasteiger partial charge is 0.478 e. The number of benzene rings is 1. The van der Waals surface area contributed by atoms with E-state index in [0.29, 0.717) is 13.1 Å². The van der Waals surface area contributed by atoms with E-state index < -0.39 is 5.97 Å². The highest BCUT2D eigenvalue weighted by Gasteiger charge is 2.09. The molecular weight excluding hydrogens is 298 g/mol. The van der Waals surface area contributed by atoms with Crippen molar-refractivity contribution in [3.05, 3.63) is 46.5 Å². The number of carbonyl (C=O) groups excluding carboxylic acids is 1. The maximum absolute atomic E-state index is 11.7. The van der Waals surface area contributed by atoms with Crippen LogP contribution in [0.3, 0.4) is 0 Å². The minimum Gasteiger partial charge on any atom is -0.478 e. The molecule has 4 nitrogen and oxygen atoms in total. The predicted octanol–water partition coefficient (Wildman–Crippen LogP) is 2.44. The van der Waals surface area contributed by atoms with Gasteiger partial charge in [-0.2, -0.15) is 0 Å². The third kappa shape index (κ3) is 4.71. The molecule has 0 radical (unpaired) electrons. The lowest BCUT2D eigenvalue weighted by Crippen LogP contribution is -2.28. The number of hydrogen-bond acceptors (Lipinski definition) is 2. The van der Waals surface area contributed by atoms with Crippen molar-refractivity contribution < 1.29 is 14.7 Å². The number of rotatable bonds is 5. The Labute approximate surface area is 114 Å². The normalized spacial score (nSPS) is 10.6. The van der Waals surface area contributed by atoms with Gasteiger partial charge in [0.25, 0.3) is 0 Å². The molecule has 1 amide bonds. The van der Waals surface area contributed by atoms with E-state index in [1.54, 1.807) is 4.90 Å². The fourth-order valence-corrected chi connectivity index (χ4v) is 1.90. The first kappa shape index (κ1) is 14.4. The van der Waals surface area contributed by atoms with E-state index in [9.17, 15) is 9.59 Å². The lowest BCUT2D eigenvalue weighted by Gasteiger charge is -2.19. The predicted molar refractivity (Wildman–Crippen MR) is 72.0 cm³/mol. The summed E-state index contributed by atoms with van der Waals surface area (Å²) in [5.74, 6) is -1.43. The number of aliphatic carboxylic acids is 1. The van der Waals surface area contributed by atoms with Crippen LogP contribution in [0.4, 0.5) is 0 Å². The highest BCUT2D eigenvalue weighted by molar-refractivity contribution is 9.10. The maximum atomic E-state index is 11.7. The number of carboxylic acid groups (broad SMARTS) is 1. The molecule has 0 aliphatic carbocycles. The first-order chi connectivity index (χ1) is 8.52. The van der Waals surface area contributed by atoms with Crippen molar-refractivity contribution in [1.82, 2.24) is 4.90 Å². The van der Waals surface area contributed by atoms with Crippen molar-refractivity contribution in [3.63, 3.8) is 0 Å². The van der Waals surface area contributed by atoms with Crippen molar-refractivity contribution in [2.24, 2.45) is 0 Å². The number of hydrogen-bond donors (Lipinski definition) is 1. The van der Waals surface area contributed by atoms with Crippen LogP contribution < -0.4 is 0 Å². The summed E-state index contributed by atoms with van der Waals surface area (Å²) in [5, 5.41) is 8.48. The third-order valence-electron chi connectivity index (χ3n) is 2.32. The summed E-state index contributed by atoms with van der Waals surface area (Å²) < 4.78 is 0.949. The second kappa shape index (κ2) is 6.96. The molecule has 0 saturated carbocycles. The lowest BCUT2D eigenvalue weighted by atomic mass is 10.2. The molecule has 0 atom stereocenters. The Morgan fingerprint density at radius 2 is 2.11 bits per heavy atom. The molecule has 0 saturated heterocycles. The standard InChI is InChI=1S/C13H14BrNO3/c1-2-15(12(16)6-7-13(17)18)9-10-4-3-5-11(14)8-10/h3-8H,2,9H2,1H3,(H,17,18)/b7-6+. The molecule has 1 rings (SSSR count). The summed E-state index contributed by atoms with van der Waals surface area (Å²) in [6, 6.07) is 7.65. The number of amides is 1. The van der Waals surface area contributed by atoms with Gasteiger partial charge in [0.1, 0.15) is 0 Å². The van der Waals surface area contributed by atoms with E-state index in [1.807, 2.05) is 31.2 Å². The maximum Gasteiger partial charge on any atom is 0.328 e. The number of likely N-dealkylation sites (N-methyl/N-ethyl adjacent to an activating group) is 1. The molecule has 1 aromatic rings. The summed E-state index contributed by atoms with van der Waals surface area (Å²) in [7, 11) is 0. The second-order valence-corrected chi connectivity index (χ2v) is 4.57. The molecule has 96 valence electrons. The number of carboxylic acids is 1. The highest BCUT2D eigenvalue weighted by Crippen LogP contribution is 2.13. The number of halogens is 1. The minimum absolute atomic E-state index is 0.306. The van der Waals surface area contributed by atoms with Gasteiger partial charge in [0.05, 0.1) is 0 Å². The van der Waals surface area contributed by atoms with Crippen molar-refractivity contribution in [1.29, 1.82) is 0 Å². The van der Waals surface area contributed by atoms with Gasteiger partial charge in [-0.05, 0) is 24.6 Å². The molecule has 0 bridgehead atoms. The zero-order valence-corrected chi connectivity index (χ0v) is 11.6. The molecule has 1 aromatic carbocycles. The Morgan fingerprint density at radius 3 is 2.67 bits per heavy atom. The SMILES string of the molecule is CCN(Cc1cccc(Br)c1)C(=O)/C=C/C(=O)O. The van der Waals surface area contributed by atoms with E-state index in [0.717, 1.165) is 22.2 Å². The molecule has 0 heterocycles. The van der Waals surface area contributed by atoms with Gasteiger partial charge in [-0.25, -0.2) is 4.79 Å². The van der Waals surface area contributed by atoms with Crippen molar-refractivity contribution in [3.8, 4) is 0 Å². The molecule has 18 heavy (non-hydrogen) atoms. The molecule has 0 unspecified atom stereocenters. The summed E-state index contributed by atoms with van der Waals surface area (Å²) in [6.07, 6.45) is 1.93. The Kier molecular flexibility index (Phi) is 5.58. The van der Waals surface area contributed by atoms with E-state index in [1.165, 1.54) is 0 Å². The molecule has 0 aliphatic heterocycles. The van der Waals surface area contributed by atoms with Crippen LogP contribution in [-0.4, -0.2) is 28.4 Å². The first-order valence-corrected chi connectivity index (χ1v) is 6.26. The van der Waals surface area contributed by atoms with Gasteiger partial charge >= 0.3 is 5.97 Å². The zero-order valence-electron chi connectivity index (χ0n) is 9.97. The highest BCUT2D eigenvalue weighted by atomic mass is 79.9. The molecule has 5 heteroatoms. The monoisotopic (exact) mass is 311 g/mol. The van der Waals surface area contributed by atoms with Crippen LogP contribution in [0.25, 0.3) is 0 Å². The second-order valence-electron chi connectivity index (χ2n) is 3.65. The molecular formula is C13H14BrNO3. The van der Waals surface area contributed by atoms with Crippen LogP contribution in [-0.2, 0) is 16.1 Å². The fourth-order valence-electron chi connectivity index (χ4n) is 1.45. The molecule has 0 aliphatic rings. The quantitative estimate of drug-likeness (QED) is 0.850. The van der Waals surface area contributed by atoms with Gasteiger partial charge < -0.3 is 10.0 Å². The van der Waals surface area contributed by atoms with Crippen LogP contribution >= 0.6 is 15.9 Å². The Balaban J connectivity index is 2.73. The van der Waals surface area contributed by atoms with Gasteiger partial charge in [-0.1, -0.05) is 28.1 Å². The Bertz CT molecular complexity index is 471. The van der Waals surface area contributed by atoms with Crippen LogP contribution in [0.1, 0.15) is 12.5 Å². The van der Waals surface area contributed by atoms with Crippen LogP contribution in [0, 0.1) is 0 Å². The average Bonchev–Trinajstić information content (AvgIpc) is 2.33. The number of nitrogens with zero attached hydrogens (tertiary/aromatic N) is 1. The van der Waals surface area contributed by atoms with E-state index in [2.05, 4.69) is 15.9 Å². The smallest absolute Gasteiger partial charge is 0.328 e. The van der Waals surface area contributed by atoms with E-state index in [-0.39, 0.29) is 5.91 Å². The summed E-state index contributed by atoms with van der Waals surface area (Å²) in [6.45, 7) is 2.83. The molecule has 0 fully saturated rings. The fraction of sp³-hybridized carbons (Fsp3) is 0.231. The summed E-state index contributed by atoms with van der Waals surface area (Å²) >= 11 is 3.37. The average molecular weight is 312 g/mol. The first-order valence-electron chi connectivity index (χ1n) is 5.47. The Hall–Kier alpha value is -1.62. The van der Waals surface area contributed by atoms with Gasteiger partial charge in [-0.15, -0.1) is 0 Å². The topological polar surface area (TPSA) is 57.6 Å². The molecule has 0 aromatic heterocycles. The summed E-state index contributed by atoms with van der Waals surface area (Å²) in [4.78, 5) is 23.7. The van der Waals surface area contributed by atoms with Crippen LogP contribution in [0.5, 0.6) is 0 Å². The zero-order chi connectivity index (χ0) is 13.5. The lowest BCUT2D eigenvalue weighted by molar-refractivity contribution is -0.132. The molecule has 1 N–H and O–H groups in total. The third-order valence-corrected chi connectivity index (χ3v) is 2.82. The number of carbonyl (C=O) groups is 2. The van der Waals surface area contributed by atoms with E-state index in [4.69, 9.17) is 5.11 Å².